The Morgan fingerprint density at radius 2 is 1.84 bits per heavy atom. The number of aromatic nitrogens is 3. The number of benzene rings is 2. The molecule has 1 aromatic heterocycles. The van der Waals surface area contributed by atoms with Crippen LogP contribution in [0.2, 0.25) is 10.0 Å². The molecule has 0 saturated heterocycles. The summed E-state index contributed by atoms with van der Waals surface area (Å²) in [6, 6.07) is 12.4. The molecule has 1 heterocycles. The first-order valence-corrected chi connectivity index (χ1v) is 11.2. The molecule has 0 bridgehead atoms. The maximum atomic E-state index is 12.3. The number of thioether (sulfide) groups is 1. The van der Waals surface area contributed by atoms with Crippen LogP contribution < -0.4 is 10.6 Å². The van der Waals surface area contributed by atoms with Crippen molar-refractivity contribution >= 4 is 52.5 Å². The number of nitrogens with zero attached hydrogens (tertiary/aromatic N) is 3. The maximum Gasteiger partial charge on any atom is 0.253 e. The molecular formula is C21H21Cl2N5O2S. The van der Waals surface area contributed by atoms with Gasteiger partial charge in [-0.3, -0.25) is 9.59 Å². The van der Waals surface area contributed by atoms with Crippen LogP contribution in [0.15, 0.2) is 47.6 Å². The molecule has 0 aliphatic carbocycles. The number of halogens is 2. The molecule has 2 N–H and O–H groups in total. The van der Waals surface area contributed by atoms with Gasteiger partial charge in [-0.2, -0.15) is 0 Å². The van der Waals surface area contributed by atoms with Crippen molar-refractivity contribution in [2.75, 3.05) is 11.1 Å². The van der Waals surface area contributed by atoms with Crippen molar-refractivity contribution in [1.29, 1.82) is 0 Å². The Hall–Kier alpha value is -2.55. The number of carbonyl (C=O) groups is 2. The van der Waals surface area contributed by atoms with Crippen molar-refractivity contribution in [3.05, 3.63) is 69.5 Å². The lowest BCUT2D eigenvalue weighted by molar-refractivity contribution is -0.113. The zero-order chi connectivity index (χ0) is 22.4. The van der Waals surface area contributed by atoms with E-state index in [1.165, 1.54) is 23.4 Å². The van der Waals surface area contributed by atoms with E-state index in [4.69, 9.17) is 23.2 Å². The zero-order valence-electron chi connectivity index (χ0n) is 17.0. The third-order valence-corrected chi connectivity index (χ3v) is 6.05. The standard InChI is InChI=1S/C21H21Cl2N5O2S/c1-3-13-4-7-15(8-5-13)25-19(29)12-31-21-27-26-18(28(21)2)11-24-20(30)16-9-6-14(22)10-17(16)23/h4-10H,3,11-12H2,1-2H3,(H,24,30)(H,25,29). The monoisotopic (exact) mass is 477 g/mol. The number of anilines is 1. The number of hydrogen-bond acceptors (Lipinski definition) is 5. The summed E-state index contributed by atoms with van der Waals surface area (Å²) in [5, 5.41) is 15.1. The van der Waals surface area contributed by atoms with E-state index in [0.717, 1.165) is 12.1 Å². The molecule has 162 valence electrons. The van der Waals surface area contributed by atoms with E-state index in [0.29, 0.717) is 21.6 Å². The molecule has 3 aromatic rings. The highest BCUT2D eigenvalue weighted by atomic mass is 35.5. The number of rotatable bonds is 8. The lowest BCUT2D eigenvalue weighted by atomic mass is 10.1. The second kappa shape index (κ2) is 10.7. The minimum atomic E-state index is -0.340. The summed E-state index contributed by atoms with van der Waals surface area (Å²) in [7, 11) is 1.78. The Bertz CT molecular complexity index is 1090. The van der Waals surface area contributed by atoms with Crippen molar-refractivity contribution in [1.82, 2.24) is 20.1 Å². The van der Waals surface area contributed by atoms with Crippen LogP contribution in [-0.2, 0) is 24.8 Å². The van der Waals surface area contributed by atoms with Crippen LogP contribution in [0.5, 0.6) is 0 Å². The Morgan fingerprint density at radius 1 is 1.10 bits per heavy atom. The van der Waals surface area contributed by atoms with Gasteiger partial charge in [0.05, 0.1) is 22.9 Å². The summed E-state index contributed by atoms with van der Waals surface area (Å²) in [4.78, 5) is 24.6. The van der Waals surface area contributed by atoms with E-state index in [9.17, 15) is 9.59 Å². The van der Waals surface area contributed by atoms with Gasteiger partial charge in [0.1, 0.15) is 0 Å². The second-order valence-corrected chi connectivity index (χ2v) is 8.44. The molecule has 7 nitrogen and oxygen atoms in total. The number of amides is 2. The van der Waals surface area contributed by atoms with Crippen LogP contribution in [-0.4, -0.2) is 32.3 Å². The Kier molecular flexibility index (Phi) is 7.95. The molecule has 0 aliphatic heterocycles. The average molecular weight is 478 g/mol. The van der Waals surface area contributed by atoms with E-state index in [1.54, 1.807) is 23.7 Å². The third-order valence-electron chi connectivity index (χ3n) is 4.49. The van der Waals surface area contributed by atoms with Gasteiger partial charge < -0.3 is 15.2 Å². The van der Waals surface area contributed by atoms with Gasteiger partial charge in [0.2, 0.25) is 5.91 Å². The first kappa shape index (κ1) is 23.1. The number of carbonyl (C=O) groups excluding carboxylic acids is 2. The van der Waals surface area contributed by atoms with Crippen molar-refractivity contribution < 1.29 is 9.59 Å². The zero-order valence-corrected chi connectivity index (χ0v) is 19.3. The van der Waals surface area contributed by atoms with E-state index in [-0.39, 0.29) is 29.1 Å². The van der Waals surface area contributed by atoms with Gasteiger partial charge in [0, 0.05) is 17.8 Å². The van der Waals surface area contributed by atoms with Crippen molar-refractivity contribution in [2.45, 2.75) is 25.0 Å². The summed E-state index contributed by atoms with van der Waals surface area (Å²) in [6.45, 7) is 2.25. The van der Waals surface area contributed by atoms with Gasteiger partial charge >= 0.3 is 0 Å². The largest absolute Gasteiger partial charge is 0.345 e. The topological polar surface area (TPSA) is 88.9 Å². The molecule has 0 saturated carbocycles. The summed E-state index contributed by atoms with van der Waals surface area (Å²) in [6.07, 6.45) is 0.950. The summed E-state index contributed by atoms with van der Waals surface area (Å²) < 4.78 is 1.73. The minimum Gasteiger partial charge on any atom is -0.345 e. The quantitative estimate of drug-likeness (QED) is 0.470. The van der Waals surface area contributed by atoms with Crippen LogP contribution in [0.3, 0.4) is 0 Å². The highest BCUT2D eigenvalue weighted by Gasteiger charge is 2.15. The van der Waals surface area contributed by atoms with E-state index >= 15 is 0 Å². The van der Waals surface area contributed by atoms with Crippen LogP contribution in [0.1, 0.15) is 28.7 Å². The fourth-order valence-electron chi connectivity index (χ4n) is 2.70. The fourth-order valence-corrected chi connectivity index (χ4v) is 3.93. The Balaban J connectivity index is 1.52. The van der Waals surface area contributed by atoms with Gasteiger partial charge in [-0.15, -0.1) is 10.2 Å². The molecule has 0 radical (unpaired) electrons. The maximum absolute atomic E-state index is 12.3. The Labute approximate surface area is 194 Å². The first-order valence-electron chi connectivity index (χ1n) is 9.50. The molecule has 0 atom stereocenters. The van der Waals surface area contributed by atoms with Gasteiger partial charge in [-0.05, 0) is 42.3 Å². The van der Waals surface area contributed by atoms with Gasteiger partial charge in [-0.1, -0.05) is 54.0 Å². The predicted octanol–water partition coefficient (Wildman–Crippen LogP) is 4.35. The molecule has 10 heteroatoms. The molecule has 0 unspecified atom stereocenters. The van der Waals surface area contributed by atoms with Gasteiger partial charge in [-0.25, -0.2) is 0 Å². The molecule has 2 amide bonds. The van der Waals surface area contributed by atoms with Gasteiger partial charge in [0.25, 0.3) is 5.91 Å². The van der Waals surface area contributed by atoms with E-state index in [1.807, 2.05) is 24.3 Å². The first-order chi connectivity index (χ1) is 14.9. The molecular weight excluding hydrogens is 457 g/mol. The normalized spacial score (nSPS) is 10.7. The van der Waals surface area contributed by atoms with Gasteiger partial charge in [0.15, 0.2) is 11.0 Å². The predicted molar refractivity (Wildman–Crippen MR) is 124 cm³/mol. The van der Waals surface area contributed by atoms with Crippen LogP contribution >= 0.6 is 35.0 Å². The van der Waals surface area contributed by atoms with Crippen LogP contribution in [0.25, 0.3) is 0 Å². The number of nitrogens with one attached hydrogen (secondary N) is 2. The average Bonchev–Trinajstić information content (AvgIpc) is 3.10. The fraction of sp³-hybridized carbons (Fsp3) is 0.238. The Morgan fingerprint density at radius 3 is 2.52 bits per heavy atom. The van der Waals surface area contributed by atoms with E-state index in [2.05, 4.69) is 27.8 Å². The van der Waals surface area contributed by atoms with Crippen LogP contribution in [0, 0.1) is 0 Å². The molecule has 0 aliphatic rings. The molecule has 31 heavy (non-hydrogen) atoms. The molecule has 0 spiro atoms. The number of aryl methyl sites for hydroxylation is 1. The molecule has 0 fully saturated rings. The molecule has 3 rings (SSSR count). The van der Waals surface area contributed by atoms with E-state index < -0.39 is 0 Å². The lowest BCUT2D eigenvalue weighted by Gasteiger charge is -2.08. The van der Waals surface area contributed by atoms with Crippen molar-refractivity contribution in [3.8, 4) is 0 Å². The van der Waals surface area contributed by atoms with Crippen molar-refractivity contribution in [3.63, 3.8) is 0 Å². The van der Waals surface area contributed by atoms with Crippen LogP contribution in [0.4, 0.5) is 5.69 Å². The highest BCUT2D eigenvalue weighted by Crippen LogP contribution is 2.21. The summed E-state index contributed by atoms with van der Waals surface area (Å²) in [5.74, 6) is 0.266. The summed E-state index contributed by atoms with van der Waals surface area (Å²) >= 11 is 13.2. The van der Waals surface area contributed by atoms with Crippen molar-refractivity contribution in [2.24, 2.45) is 7.05 Å². The SMILES string of the molecule is CCc1ccc(NC(=O)CSc2nnc(CNC(=O)c3ccc(Cl)cc3Cl)n2C)cc1. The minimum absolute atomic E-state index is 0.135. The second-order valence-electron chi connectivity index (χ2n) is 6.65. The highest BCUT2D eigenvalue weighted by molar-refractivity contribution is 7.99. The molecule has 2 aromatic carbocycles. The number of hydrogen-bond donors (Lipinski definition) is 2. The smallest absolute Gasteiger partial charge is 0.253 e. The lowest BCUT2D eigenvalue weighted by Crippen LogP contribution is -2.24. The third kappa shape index (κ3) is 6.22. The summed E-state index contributed by atoms with van der Waals surface area (Å²) in [5.41, 5.74) is 2.29.